The van der Waals surface area contributed by atoms with Crippen LogP contribution in [-0.4, -0.2) is 23.7 Å². The molecule has 0 spiro atoms. The molecule has 2 rings (SSSR count). The molecule has 0 saturated carbocycles. The fraction of sp³-hybridized carbons (Fsp3) is 0.158. The molecular formula is C19H18BrNO3. The topological polar surface area (TPSA) is 58.9 Å². The van der Waals surface area contributed by atoms with Gasteiger partial charge < -0.3 is 9.84 Å². The van der Waals surface area contributed by atoms with E-state index in [2.05, 4.69) is 20.9 Å². The number of carbonyl (C=O) groups is 1. The lowest BCUT2D eigenvalue weighted by Crippen LogP contribution is -2.05. The molecule has 0 aliphatic carbocycles. The monoisotopic (exact) mass is 387 g/mol. The van der Waals surface area contributed by atoms with Crippen LogP contribution in [0, 0.1) is 6.92 Å². The van der Waals surface area contributed by atoms with Gasteiger partial charge in [0.05, 0.1) is 23.0 Å². The van der Waals surface area contributed by atoms with Crippen molar-refractivity contribution in [3.63, 3.8) is 0 Å². The summed E-state index contributed by atoms with van der Waals surface area (Å²) in [6.07, 6.45) is 3.11. The lowest BCUT2D eigenvalue weighted by atomic mass is 10.1. The minimum Gasteiger partial charge on any atom is -0.503 e. The maximum absolute atomic E-state index is 12.2. The highest BCUT2D eigenvalue weighted by atomic mass is 79.9. The molecule has 0 aliphatic rings. The van der Waals surface area contributed by atoms with E-state index in [4.69, 9.17) is 4.74 Å². The van der Waals surface area contributed by atoms with E-state index >= 15 is 0 Å². The molecule has 0 saturated heterocycles. The Balaban J connectivity index is 2.21. The molecule has 4 nitrogen and oxygen atoms in total. The van der Waals surface area contributed by atoms with Gasteiger partial charge in [-0.2, -0.15) is 0 Å². The van der Waals surface area contributed by atoms with E-state index < -0.39 is 0 Å². The summed E-state index contributed by atoms with van der Waals surface area (Å²) in [6, 6.07) is 11.0. The van der Waals surface area contributed by atoms with Gasteiger partial charge >= 0.3 is 0 Å². The first kappa shape index (κ1) is 17.9. The van der Waals surface area contributed by atoms with E-state index in [0.29, 0.717) is 15.9 Å². The molecule has 0 heterocycles. The fourth-order valence-electron chi connectivity index (χ4n) is 2.06. The molecule has 124 valence electrons. The first-order valence-corrected chi connectivity index (χ1v) is 8.11. The van der Waals surface area contributed by atoms with Crippen LogP contribution in [0.2, 0.25) is 0 Å². The zero-order valence-corrected chi connectivity index (χ0v) is 15.3. The van der Waals surface area contributed by atoms with Crippen molar-refractivity contribution in [3.8, 4) is 11.5 Å². The summed E-state index contributed by atoms with van der Waals surface area (Å²) in [5.74, 6) is 0.182. The second kappa shape index (κ2) is 7.93. The van der Waals surface area contributed by atoms with Crippen molar-refractivity contribution in [2.45, 2.75) is 13.8 Å². The zero-order chi connectivity index (χ0) is 17.7. The van der Waals surface area contributed by atoms with Gasteiger partial charge in [-0.1, -0.05) is 24.3 Å². The number of carbonyl (C=O) groups excluding carboxylic acids is 1. The molecule has 0 bridgehead atoms. The molecule has 0 aliphatic heterocycles. The number of phenolic OH excluding ortho intramolecular Hbond substituents is 1. The molecule has 0 amide bonds. The minimum absolute atomic E-state index is 0.0262. The van der Waals surface area contributed by atoms with Crippen LogP contribution in [0.15, 0.2) is 51.9 Å². The van der Waals surface area contributed by atoms with Crippen LogP contribution >= 0.6 is 15.9 Å². The number of rotatable bonds is 5. The second-order valence-electron chi connectivity index (χ2n) is 5.23. The fourth-order valence-corrected chi connectivity index (χ4v) is 2.52. The first-order valence-electron chi connectivity index (χ1n) is 7.32. The Bertz CT molecular complexity index is 825. The minimum atomic E-state index is -0.179. The van der Waals surface area contributed by atoms with E-state index in [0.717, 1.165) is 16.8 Å². The number of hydrogen-bond acceptors (Lipinski definition) is 4. The Morgan fingerprint density at radius 2 is 2.00 bits per heavy atom. The number of halogens is 1. The number of methoxy groups -OCH3 is 1. The number of phenols is 1. The number of nitrogens with zero attached hydrogens (tertiary/aromatic N) is 1. The summed E-state index contributed by atoms with van der Waals surface area (Å²) in [4.78, 5) is 16.6. The number of ether oxygens (including phenoxy) is 1. The number of para-hydroxylation sites is 1. The number of aliphatic imine (C=N–C) groups is 1. The Kier molecular flexibility index (Phi) is 5.93. The van der Waals surface area contributed by atoms with Gasteiger partial charge in [-0.25, -0.2) is 4.99 Å². The van der Waals surface area contributed by atoms with Crippen molar-refractivity contribution < 1.29 is 14.6 Å². The molecule has 2 aromatic carbocycles. The van der Waals surface area contributed by atoms with Gasteiger partial charge in [0.15, 0.2) is 17.3 Å². The average molecular weight is 388 g/mol. The average Bonchev–Trinajstić information content (AvgIpc) is 2.57. The number of aromatic hydroxyl groups is 1. The maximum Gasteiger partial charge on any atom is 0.199 e. The summed E-state index contributed by atoms with van der Waals surface area (Å²) in [5, 5.41) is 9.80. The van der Waals surface area contributed by atoms with Gasteiger partial charge in [0.25, 0.3) is 0 Å². The third kappa shape index (κ3) is 4.32. The largest absolute Gasteiger partial charge is 0.503 e. The van der Waals surface area contributed by atoms with Crippen LogP contribution in [-0.2, 0) is 4.79 Å². The van der Waals surface area contributed by atoms with Gasteiger partial charge in [0.2, 0.25) is 0 Å². The van der Waals surface area contributed by atoms with Crippen molar-refractivity contribution >= 4 is 39.2 Å². The van der Waals surface area contributed by atoms with Crippen molar-refractivity contribution in [1.29, 1.82) is 0 Å². The predicted molar refractivity (Wildman–Crippen MR) is 100 cm³/mol. The molecular weight excluding hydrogens is 370 g/mol. The number of ketones is 1. The molecule has 0 fully saturated rings. The highest BCUT2D eigenvalue weighted by Gasteiger charge is 2.08. The zero-order valence-electron chi connectivity index (χ0n) is 13.7. The molecule has 0 aromatic heterocycles. The molecule has 5 heteroatoms. The number of aryl methyl sites for hydroxylation is 1. The summed E-state index contributed by atoms with van der Waals surface area (Å²) in [6.45, 7) is 3.64. The summed E-state index contributed by atoms with van der Waals surface area (Å²) in [5.41, 5.74) is 2.94. The molecule has 0 unspecified atom stereocenters. The van der Waals surface area contributed by atoms with Crippen LogP contribution in [0.3, 0.4) is 0 Å². The highest BCUT2D eigenvalue weighted by Crippen LogP contribution is 2.35. The van der Waals surface area contributed by atoms with E-state index in [9.17, 15) is 9.90 Å². The summed E-state index contributed by atoms with van der Waals surface area (Å²) >= 11 is 3.25. The number of hydrogen-bond donors (Lipinski definition) is 1. The van der Waals surface area contributed by atoms with Crippen LogP contribution in [0.5, 0.6) is 11.5 Å². The Morgan fingerprint density at radius 3 is 2.67 bits per heavy atom. The van der Waals surface area contributed by atoms with Crippen molar-refractivity contribution in [3.05, 3.63) is 58.1 Å². The summed E-state index contributed by atoms with van der Waals surface area (Å²) < 4.78 is 5.59. The third-order valence-corrected chi connectivity index (χ3v) is 4.06. The normalized spacial score (nSPS) is 11.8. The van der Waals surface area contributed by atoms with Crippen LogP contribution in [0.4, 0.5) is 5.69 Å². The van der Waals surface area contributed by atoms with Gasteiger partial charge in [-0.3, -0.25) is 4.79 Å². The van der Waals surface area contributed by atoms with Crippen LogP contribution in [0.1, 0.15) is 18.1 Å². The summed E-state index contributed by atoms with van der Waals surface area (Å²) in [7, 11) is 1.47. The van der Waals surface area contributed by atoms with Crippen molar-refractivity contribution in [2.24, 2.45) is 4.99 Å². The lowest BCUT2D eigenvalue weighted by Gasteiger charge is -2.06. The Morgan fingerprint density at radius 1 is 1.29 bits per heavy atom. The van der Waals surface area contributed by atoms with Gasteiger partial charge in [0.1, 0.15) is 0 Å². The number of allylic oxidation sites excluding steroid dienone is 1. The standard InChI is InChI=1S/C19H18BrNO3/c1-12-6-4-5-7-16(12)21-13(2)17(22)9-8-14-10-15(20)19(23)18(11-14)24-3/h4-11,23H,1-3H3/b9-8+,21-13?. The molecule has 24 heavy (non-hydrogen) atoms. The van der Waals surface area contributed by atoms with E-state index in [1.54, 1.807) is 25.1 Å². The molecule has 0 radical (unpaired) electrons. The van der Waals surface area contributed by atoms with E-state index in [1.165, 1.54) is 13.2 Å². The first-order chi connectivity index (χ1) is 11.4. The number of benzene rings is 2. The third-order valence-electron chi connectivity index (χ3n) is 3.46. The molecule has 0 atom stereocenters. The molecule has 1 N–H and O–H groups in total. The van der Waals surface area contributed by atoms with Crippen molar-refractivity contribution in [1.82, 2.24) is 0 Å². The van der Waals surface area contributed by atoms with E-state index in [-0.39, 0.29) is 11.5 Å². The Labute approximate surface area is 149 Å². The van der Waals surface area contributed by atoms with Crippen molar-refractivity contribution in [2.75, 3.05) is 7.11 Å². The predicted octanol–water partition coefficient (Wildman–Crippen LogP) is 4.85. The Hall–Kier alpha value is -2.40. The highest BCUT2D eigenvalue weighted by molar-refractivity contribution is 9.10. The van der Waals surface area contributed by atoms with Crippen LogP contribution in [0.25, 0.3) is 6.08 Å². The van der Waals surface area contributed by atoms with Gasteiger partial charge in [-0.15, -0.1) is 0 Å². The van der Waals surface area contributed by atoms with Gasteiger partial charge in [-0.05, 0) is 65.2 Å². The lowest BCUT2D eigenvalue weighted by molar-refractivity contribution is -0.108. The van der Waals surface area contributed by atoms with E-state index in [1.807, 2.05) is 31.2 Å². The second-order valence-corrected chi connectivity index (χ2v) is 6.09. The smallest absolute Gasteiger partial charge is 0.199 e. The van der Waals surface area contributed by atoms with Gasteiger partial charge in [0, 0.05) is 0 Å². The SMILES string of the molecule is COc1cc(/C=C/C(=O)C(C)=Nc2ccccc2C)cc(Br)c1O. The maximum atomic E-state index is 12.2. The van der Waals surface area contributed by atoms with Crippen LogP contribution < -0.4 is 4.74 Å². The quantitative estimate of drug-likeness (QED) is 0.589. The molecule has 2 aromatic rings.